The van der Waals surface area contributed by atoms with Crippen molar-refractivity contribution in [3.8, 4) is 0 Å². The maximum absolute atomic E-state index is 5.40. The van der Waals surface area contributed by atoms with Crippen LogP contribution in [0.5, 0.6) is 0 Å². The second-order valence-corrected chi connectivity index (χ2v) is 2.98. The second kappa shape index (κ2) is 1.80. The highest BCUT2D eigenvalue weighted by Gasteiger charge is 2.43. The van der Waals surface area contributed by atoms with Gasteiger partial charge in [0, 0.05) is 5.92 Å². The first-order valence-corrected chi connectivity index (χ1v) is 3.60. The van der Waals surface area contributed by atoms with Gasteiger partial charge >= 0.3 is 0 Å². The molecule has 0 spiro atoms. The molecule has 1 nitrogen and oxygen atoms in total. The Morgan fingerprint density at radius 1 is 1.33 bits per heavy atom. The summed E-state index contributed by atoms with van der Waals surface area (Å²) in [5, 5.41) is 0. The molecule has 0 aromatic heterocycles. The fourth-order valence-corrected chi connectivity index (χ4v) is 1.61. The van der Waals surface area contributed by atoms with Crippen molar-refractivity contribution in [3.63, 3.8) is 0 Å². The molecule has 3 atom stereocenters. The van der Waals surface area contributed by atoms with E-state index in [-0.39, 0.29) is 0 Å². The Hall–Kier alpha value is -0.390. The maximum atomic E-state index is 5.40. The molecule has 2 rings (SSSR count). The largest absolute Gasteiger partial charge is 0.370 e. The summed E-state index contributed by atoms with van der Waals surface area (Å²) in [6, 6.07) is 0. The molecule has 9 heavy (non-hydrogen) atoms. The van der Waals surface area contributed by atoms with Crippen molar-refractivity contribution in [1.82, 2.24) is 0 Å². The summed E-state index contributed by atoms with van der Waals surface area (Å²) >= 11 is 0. The van der Waals surface area contributed by atoms with E-state index < -0.39 is 0 Å². The molecule has 1 saturated carbocycles. The number of allylic oxidation sites excluding steroid dienone is 1. The minimum absolute atomic E-state index is 0.573. The van der Waals surface area contributed by atoms with E-state index in [1.54, 1.807) is 0 Å². The summed E-state index contributed by atoms with van der Waals surface area (Å²) in [5.41, 5.74) is 0. The van der Waals surface area contributed by atoms with E-state index in [9.17, 15) is 0 Å². The Morgan fingerprint density at radius 2 is 2.22 bits per heavy atom. The highest BCUT2D eigenvalue weighted by Crippen LogP contribution is 2.39. The first-order valence-electron chi connectivity index (χ1n) is 3.60. The molecule has 1 saturated heterocycles. The van der Waals surface area contributed by atoms with Gasteiger partial charge in [-0.15, -0.1) is 0 Å². The lowest BCUT2D eigenvalue weighted by Gasteiger charge is -2.09. The molecule has 2 fully saturated rings. The van der Waals surface area contributed by atoms with Crippen molar-refractivity contribution in [3.05, 3.63) is 12.7 Å². The number of hydrogen-bond donors (Lipinski definition) is 0. The van der Waals surface area contributed by atoms with Crippen LogP contribution < -0.4 is 0 Å². The van der Waals surface area contributed by atoms with Crippen LogP contribution in [0.15, 0.2) is 6.08 Å². The minimum atomic E-state index is 0.573. The zero-order valence-electron chi connectivity index (χ0n) is 5.42. The van der Waals surface area contributed by atoms with Crippen molar-refractivity contribution in [1.29, 1.82) is 0 Å². The van der Waals surface area contributed by atoms with Crippen LogP contribution in [-0.2, 0) is 4.74 Å². The molecular formula is C8H11O+. The van der Waals surface area contributed by atoms with E-state index in [0.717, 1.165) is 0 Å². The standard InChI is InChI=1S/C8H11O/c1-2-6-3-4-7-8(5-6)9-7/h1-2,6-8H,3-5H2/q+1. The summed E-state index contributed by atoms with van der Waals surface area (Å²) in [4.78, 5) is 0. The highest BCUT2D eigenvalue weighted by molar-refractivity contribution is 4.95. The van der Waals surface area contributed by atoms with Crippen molar-refractivity contribution >= 4 is 0 Å². The second-order valence-electron chi connectivity index (χ2n) is 2.98. The number of ether oxygens (including phenoxy) is 1. The molecule has 1 aliphatic heterocycles. The van der Waals surface area contributed by atoms with Gasteiger partial charge in [0.05, 0.1) is 12.2 Å². The molecule has 2 aliphatic rings. The van der Waals surface area contributed by atoms with E-state index in [1.807, 2.05) is 6.08 Å². The predicted molar refractivity (Wildman–Crippen MR) is 34.9 cm³/mol. The maximum Gasteiger partial charge on any atom is 0.202 e. The summed E-state index contributed by atoms with van der Waals surface area (Å²) in [6.45, 7) is 5.40. The van der Waals surface area contributed by atoms with E-state index >= 15 is 0 Å². The van der Waals surface area contributed by atoms with Crippen LogP contribution in [0.4, 0.5) is 0 Å². The zero-order valence-corrected chi connectivity index (χ0v) is 5.42. The Labute approximate surface area is 55.7 Å². The van der Waals surface area contributed by atoms with Gasteiger partial charge in [-0.25, -0.2) is 0 Å². The summed E-state index contributed by atoms with van der Waals surface area (Å²) in [7, 11) is 0. The number of hydrogen-bond acceptors (Lipinski definition) is 1. The molecule has 0 bridgehead atoms. The van der Waals surface area contributed by atoms with Crippen molar-refractivity contribution in [2.24, 2.45) is 5.92 Å². The Morgan fingerprint density at radius 3 is 2.89 bits per heavy atom. The molecule has 3 unspecified atom stereocenters. The molecule has 0 N–H and O–H groups in total. The molecule has 0 amide bonds. The van der Waals surface area contributed by atoms with Gasteiger partial charge in [0.2, 0.25) is 6.58 Å². The zero-order chi connectivity index (χ0) is 6.27. The van der Waals surface area contributed by atoms with Crippen LogP contribution in [0.1, 0.15) is 19.3 Å². The third-order valence-electron chi connectivity index (χ3n) is 2.32. The van der Waals surface area contributed by atoms with Gasteiger partial charge < -0.3 is 4.74 Å². The van der Waals surface area contributed by atoms with Gasteiger partial charge in [-0.2, -0.15) is 0 Å². The average Bonchev–Trinajstić information content (AvgIpc) is 2.64. The van der Waals surface area contributed by atoms with Crippen LogP contribution in [0, 0.1) is 12.5 Å². The van der Waals surface area contributed by atoms with Crippen LogP contribution in [0.2, 0.25) is 0 Å². The monoisotopic (exact) mass is 123 g/mol. The molecular weight excluding hydrogens is 112 g/mol. The van der Waals surface area contributed by atoms with Crippen LogP contribution in [-0.4, -0.2) is 12.2 Å². The van der Waals surface area contributed by atoms with Gasteiger partial charge in [-0.3, -0.25) is 0 Å². The van der Waals surface area contributed by atoms with Crippen LogP contribution in [0.25, 0.3) is 0 Å². The van der Waals surface area contributed by atoms with Gasteiger partial charge in [0.1, 0.15) is 0 Å². The lowest BCUT2D eigenvalue weighted by molar-refractivity contribution is 0.370. The first kappa shape index (κ1) is 5.40. The lowest BCUT2D eigenvalue weighted by Crippen LogP contribution is -2.10. The van der Waals surface area contributed by atoms with Gasteiger partial charge in [0.15, 0.2) is 6.08 Å². The van der Waals surface area contributed by atoms with Crippen molar-refractivity contribution in [2.75, 3.05) is 0 Å². The van der Waals surface area contributed by atoms with E-state index in [0.29, 0.717) is 18.1 Å². The van der Waals surface area contributed by atoms with Gasteiger partial charge in [-0.05, 0) is 19.3 Å². The Bertz CT molecular complexity index is 131. The summed E-state index contributed by atoms with van der Waals surface area (Å²) in [5.74, 6) is 0.633. The normalized spacial score (nSPS) is 47.7. The van der Waals surface area contributed by atoms with E-state index in [2.05, 4.69) is 0 Å². The van der Waals surface area contributed by atoms with E-state index in [1.165, 1.54) is 19.3 Å². The number of rotatable bonds is 1. The molecule has 1 aliphatic carbocycles. The lowest BCUT2D eigenvalue weighted by atomic mass is 9.90. The molecule has 0 aromatic carbocycles. The number of fused-ring (bicyclic) bond motifs is 1. The third kappa shape index (κ3) is 0.868. The molecule has 1 heteroatoms. The molecule has 48 valence electrons. The smallest absolute Gasteiger partial charge is 0.202 e. The van der Waals surface area contributed by atoms with Gasteiger partial charge in [-0.1, -0.05) is 0 Å². The van der Waals surface area contributed by atoms with Crippen LogP contribution in [0.3, 0.4) is 0 Å². The fraction of sp³-hybridized carbons (Fsp3) is 0.750. The topological polar surface area (TPSA) is 12.5 Å². The number of epoxide rings is 1. The Kier molecular flexibility index (Phi) is 1.08. The third-order valence-corrected chi connectivity index (χ3v) is 2.32. The predicted octanol–water partition coefficient (Wildman–Crippen LogP) is 1.54. The van der Waals surface area contributed by atoms with Gasteiger partial charge in [0.25, 0.3) is 0 Å². The highest BCUT2D eigenvalue weighted by atomic mass is 16.6. The minimum Gasteiger partial charge on any atom is -0.370 e. The fourth-order valence-electron chi connectivity index (χ4n) is 1.61. The van der Waals surface area contributed by atoms with Crippen molar-refractivity contribution < 1.29 is 4.74 Å². The SMILES string of the molecule is [CH+]=CC1CCC2OC2C1. The van der Waals surface area contributed by atoms with E-state index in [4.69, 9.17) is 11.3 Å². The summed E-state index contributed by atoms with van der Waals surface area (Å²) in [6.07, 6.45) is 6.63. The first-order chi connectivity index (χ1) is 4.40. The van der Waals surface area contributed by atoms with Crippen molar-refractivity contribution in [2.45, 2.75) is 31.5 Å². The quantitative estimate of drug-likeness (QED) is 0.380. The molecule has 0 aromatic rings. The summed E-state index contributed by atoms with van der Waals surface area (Å²) < 4.78 is 5.33. The molecule has 1 heterocycles. The van der Waals surface area contributed by atoms with Crippen LogP contribution >= 0.6 is 0 Å². The average molecular weight is 123 g/mol. The molecule has 0 radical (unpaired) electrons. The Balaban J connectivity index is 1.93.